The molecule has 1 aromatic heterocycles. The van der Waals surface area contributed by atoms with Gasteiger partial charge in [-0.2, -0.15) is 0 Å². The average molecular weight is 234 g/mol. The first-order valence-corrected chi connectivity index (χ1v) is 5.91. The van der Waals surface area contributed by atoms with E-state index in [1.165, 1.54) is 0 Å². The van der Waals surface area contributed by atoms with Crippen LogP contribution in [0.5, 0.6) is 5.75 Å². The number of pyridine rings is 1. The highest BCUT2D eigenvalue weighted by Crippen LogP contribution is 2.31. The van der Waals surface area contributed by atoms with Gasteiger partial charge in [0.1, 0.15) is 11.5 Å². The standard InChI is InChI=1S/C13H18N2O2/c1-3-15-13(11-5-4-8-17-11)10-6-7-14-9-12(10)16-2/h5-7,9,13,15H,3-4,8H2,1-2H3. The molecule has 1 atom stereocenters. The average Bonchev–Trinajstić information content (AvgIpc) is 2.89. The Morgan fingerprint density at radius 1 is 1.59 bits per heavy atom. The van der Waals surface area contributed by atoms with Gasteiger partial charge in [-0.3, -0.25) is 4.98 Å². The normalized spacial score (nSPS) is 16.2. The first-order chi connectivity index (χ1) is 8.36. The number of likely N-dealkylation sites (N-methyl/N-ethyl adjacent to an activating group) is 1. The van der Waals surface area contributed by atoms with E-state index < -0.39 is 0 Å². The lowest BCUT2D eigenvalue weighted by atomic mass is 10.1. The largest absolute Gasteiger partial charge is 0.496 e. The van der Waals surface area contributed by atoms with Gasteiger partial charge in [0.2, 0.25) is 0 Å². The molecule has 1 unspecified atom stereocenters. The molecule has 0 amide bonds. The molecule has 1 aliphatic rings. The summed E-state index contributed by atoms with van der Waals surface area (Å²) in [5.74, 6) is 1.77. The fraction of sp³-hybridized carbons (Fsp3) is 0.462. The summed E-state index contributed by atoms with van der Waals surface area (Å²) in [7, 11) is 1.66. The molecular formula is C13H18N2O2. The fourth-order valence-electron chi connectivity index (χ4n) is 2.01. The van der Waals surface area contributed by atoms with Gasteiger partial charge in [-0.25, -0.2) is 0 Å². The molecule has 0 saturated heterocycles. The van der Waals surface area contributed by atoms with E-state index in [2.05, 4.69) is 23.3 Å². The van der Waals surface area contributed by atoms with Crippen LogP contribution in [0.25, 0.3) is 0 Å². The van der Waals surface area contributed by atoms with E-state index in [1.807, 2.05) is 6.07 Å². The Morgan fingerprint density at radius 3 is 3.12 bits per heavy atom. The summed E-state index contributed by atoms with van der Waals surface area (Å²) in [5, 5.41) is 3.41. The lowest BCUT2D eigenvalue weighted by Gasteiger charge is -2.21. The van der Waals surface area contributed by atoms with Crippen molar-refractivity contribution >= 4 is 0 Å². The van der Waals surface area contributed by atoms with E-state index in [4.69, 9.17) is 9.47 Å². The molecule has 0 radical (unpaired) electrons. The Hall–Kier alpha value is -1.55. The van der Waals surface area contributed by atoms with Gasteiger partial charge in [-0.15, -0.1) is 0 Å². The van der Waals surface area contributed by atoms with Crippen LogP contribution in [0, 0.1) is 0 Å². The van der Waals surface area contributed by atoms with Crippen LogP contribution < -0.4 is 10.1 Å². The van der Waals surface area contributed by atoms with E-state index >= 15 is 0 Å². The monoisotopic (exact) mass is 234 g/mol. The van der Waals surface area contributed by atoms with Crippen LogP contribution in [0.2, 0.25) is 0 Å². The predicted octanol–water partition coefficient (Wildman–Crippen LogP) is 2.04. The van der Waals surface area contributed by atoms with Crippen molar-refractivity contribution in [3.8, 4) is 5.75 Å². The zero-order valence-electron chi connectivity index (χ0n) is 10.3. The van der Waals surface area contributed by atoms with E-state index in [0.29, 0.717) is 0 Å². The number of nitrogens with one attached hydrogen (secondary N) is 1. The lowest BCUT2D eigenvalue weighted by Crippen LogP contribution is -2.23. The summed E-state index contributed by atoms with van der Waals surface area (Å²) in [6.07, 6.45) is 6.62. The minimum atomic E-state index is 0.0560. The van der Waals surface area contributed by atoms with Gasteiger partial charge in [0.05, 0.1) is 26.0 Å². The molecular weight excluding hydrogens is 216 g/mol. The minimum absolute atomic E-state index is 0.0560. The SMILES string of the molecule is CCNC(C1=CCCO1)c1ccncc1OC. The minimum Gasteiger partial charge on any atom is -0.496 e. The van der Waals surface area contributed by atoms with E-state index in [-0.39, 0.29) is 6.04 Å². The zero-order chi connectivity index (χ0) is 12.1. The van der Waals surface area contributed by atoms with Crippen LogP contribution in [-0.2, 0) is 4.74 Å². The first kappa shape index (κ1) is 11.9. The number of aromatic nitrogens is 1. The molecule has 92 valence electrons. The van der Waals surface area contributed by atoms with Gasteiger partial charge in [-0.1, -0.05) is 6.92 Å². The second-order valence-corrected chi connectivity index (χ2v) is 3.85. The molecule has 1 N–H and O–H groups in total. The summed E-state index contributed by atoms with van der Waals surface area (Å²) < 4.78 is 11.0. The maximum atomic E-state index is 5.64. The Morgan fingerprint density at radius 2 is 2.47 bits per heavy atom. The van der Waals surface area contributed by atoms with Crippen molar-refractivity contribution in [2.24, 2.45) is 0 Å². The van der Waals surface area contributed by atoms with E-state index in [0.717, 1.165) is 36.6 Å². The summed E-state index contributed by atoms with van der Waals surface area (Å²) in [4.78, 5) is 4.07. The number of rotatable bonds is 5. The van der Waals surface area contributed by atoms with Crippen molar-refractivity contribution in [3.05, 3.63) is 35.9 Å². The Kier molecular flexibility index (Phi) is 3.98. The van der Waals surface area contributed by atoms with Crippen LogP contribution >= 0.6 is 0 Å². The molecule has 17 heavy (non-hydrogen) atoms. The highest BCUT2D eigenvalue weighted by atomic mass is 16.5. The van der Waals surface area contributed by atoms with Crippen LogP contribution in [0.1, 0.15) is 24.9 Å². The third-order valence-corrected chi connectivity index (χ3v) is 2.77. The molecule has 1 aliphatic heterocycles. The third kappa shape index (κ3) is 2.58. The fourth-order valence-corrected chi connectivity index (χ4v) is 2.01. The van der Waals surface area contributed by atoms with Gasteiger partial charge in [-0.05, 0) is 18.7 Å². The predicted molar refractivity (Wildman–Crippen MR) is 65.9 cm³/mol. The van der Waals surface area contributed by atoms with Crippen molar-refractivity contribution < 1.29 is 9.47 Å². The Balaban J connectivity index is 2.31. The lowest BCUT2D eigenvalue weighted by molar-refractivity contribution is 0.214. The first-order valence-electron chi connectivity index (χ1n) is 5.91. The van der Waals surface area contributed by atoms with Gasteiger partial charge in [0.15, 0.2) is 0 Å². The quantitative estimate of drug-likeness (QED) is 0.846. The van der Waals surface area contributed by atoms with Gasteiger partial charge in [0.25, 0.3) is 0 Å². The molecule has 2 heterocycles. The van der Waals surface area contributed by atoms with Crippen LogP contribution in [0.4, 0.5) is 0 Å². The Bertz CT molecular complexity index is 404. The van der Waals surface area contributed by atoms with Crippen molar-refractivity contribution in [2.45, 2.75) is 19.4 Å². The molecule has 0 saturated carbocycles. The van der Waals surface area contributed by atoms with Crippen molar-refractivity contribution in [3.63, 3.8) is 0 Å². The molecule has 4 heteroatoms. The van der Waals surface area contributed by atoms with Crippen molar-refractivity contribution in [1.82, 2.24) is 10.3 Å². The van der Waals surface area contributed by atoms with E-state index in [9.17, 15) is 0 Å². The molecule has 0 aromatic carbocycles. The second kappa shape index (κ2) is 5.68. The van der Waals surface area contributed by atoms with Gasteiger partial charge in [0, 0.05) is 18.2 Å². The molecule has 4 nitrogen and oxygen atoms in total. The van der Waals surface area contributed by atoms with Crippen LogP contribution in [-0.4, -0.2) is 25.2 Å². The van der Waals surface area contributed by atoms with Gasteiger partial charge >= 0.3 is 0 Å². The summed E-state index contributed by atoms with van der Waals surface area (Å²) in [6.45, 7) is 3.72. The number of hydrogen-bond donors (Lipinski definition) is 1. The molecule has 1 aromatic rings. The van der Waals surface area contributed by atoms with Crippen molar-refractivity contribution in [2.75, 3.05) is 20.3 Å². The van der Waals surface area contributed by atoms with E-state index in [1.54, 1.807) is 19.5 Å². The summed E-state index contributed by atoms with van der Waals surface area (Å²) in [5.41, 5.74) is 1.07. The van der Waals surface area contributed by atoms with Crippen LogP contribution in [0.15, 0.2) is 30.3 Å². The Labute approximate surface area is 102 Å². The number of methoxy groups -OCH3 is 1. The zero-order valence-corrected chi connectivity index (χ0v) is 10.3. The summed E-state index contributed by atoms with van der Waals surface area (Å²) >= 11 is 0. The number of ether oxygens (including phenoxy) is 2. The number of hydrogen-bond acceptors (Lipinski definition) is 4. The molecule has 0 spiro atoms. The maximum absolute atomic E-state index is 5.64. The third-order valence-electron chi connectivity index (χ3n) is 2.77. The molecule has 0 fully saturated rings. The van der Waals surface area contributed by atoms with Gasteiger partial charge < -0.3 is 14.8 Å². The molecule has 0 aliphatic carbocycles. The smallest absolute Gasteiger partial charge is 0.142 e. The second-order valence-electron chi connectivity index (χ2n) is 3.85. The number of nitrogens with zero attached hydrogens (tertiary/aromatic N) is 1. The topological polar surface area (TPSA) is 43.4 Å². The highest BCUT2D eigenvalue weighted by Gasteiger charge is 2.22. The highest BCUT2D eigenvalue weighted by molar-refractivity contribution is 5.37. The van der Waals surface area contributed by atoms with Crippen molar-refractivity contribution in [1.29, 1.82) is 0 Å². The summed E-state index contributed by atoms with van der Waals surface area (Å²) in [6, 6.07) is 2.02. The maximum Gasteiger partial charge on any atom is 0.142 e. The van der Waals surface area contributed by atoms with Crippen LogP contribution in [0.3, 0.4) is 0 Å². The molecule has 0 bridgehead atoms. The molecule has 2 rings (SSSR count).